The first-order valence-electron chi connectivity index (χ1n) is 16.5. The van der Waals surface area contributed by atoms with E-state index in [9.17, 15) is 13.0 Å². The number of halogens is 2. The van der Waals surface area contributed by atoms with Gasteiger partial charge in [0.2, 0.25) is 0 Å². The number of nitrogens with one attached hydrogen (secondary N) is 1. The van der Waals surface area contributed by atoms with E-state index in [1.54, 1.807) is 12.1 Å². The van der Waals surface area contributed by atoms with Crippen LogP contribution in [-0.4, -0.2) is 37.1 Å². The molecule has 0 fully saturated rings. The largest absolute Gasteiger partial charge is 0.485 e. The van der Waals surface area contributed by atoms with Crippen LogP contribution >= 0.6 is 24.8 Å². The average molecular weight is 716 g/mol. The van der Waals surface area contributed by atoms with Gasteiger partial charge in [0, 0.05) is 24.7 Å². The Labute approximate surface area is 298 Å². The zero-order valence-corrected chi connectivity index (χ0v) is 30.0. The Balaban J connectivity index is 0.00000312. The first kappa shape index (κ1) is 39.3. The summed E-state index contributed by atoms with van der Waals surface area (Å²) < 4.78 is 45.0. The topological polar surface area (TPSA) is 88.1 Å². The molecule has 0 bridgehead atoms. The minimum absolute atomic E-state index is 0. The molecule has 1 aliphatic carbocycles. The summed E-state index contributed by atoms with van der Waals surface area (Å²) in [5.41, 5.74) is 9.51. The van der Waals surface area contributed by atoms with Gasteiger partial charge < -0.3 is 9.47 Å². The molecule has 0 aromatic heterocycles. The predicted octanol–water partition coefficient (Wildman–Crippen LogP) is 8.42. The summed E-state index contributed by atoms with van der Waals surface area (Å²) in [6, 6.07) is 31.5. The van der Waals surface area contributed by atoms with Gasteiger partial charge in [-0.25, -0.2) is 5.01 Å². The first-order chi connectivity index (χ1) is 22.4. The highest BCUT2D eigenvalue weighted by molar-refractivity contribution is 7.85. The van der Waals surface area contributed by atoms with E-state index in [2.05, 4.69) is 53.8 Å². The number of benzene rings is 4. The Morgan fingerprint density at radius 2 is 1.44 bits per heavy atom. The molecule has 260 valence electrons. The van der Waals surface area contributed by atoms with Gasteiger partial charge in [-0.05, 0) is 72.6 Å². The van der Waals surface area contributed by atoms with Gasteiger partial charge >= 0.3 is 0 Å². The number of nitrogens with zero attached hydrogens (tertiary/aromatic N) is 1. The predicted molar refractivity (Wildman–Crippen MR) is 197 cm³/mol. The van der Waals surface area contributed by atoms with Gasteiger partial charge in [0.1, 0.15) is 13.2 Å². The highest BCUT2D eigenvalue weighted by Crippen LogP contribution is 2.39. The lowest BCUT2D eigenvalue weighted by molar-refractivity contribution is 0.109. The van der Waals surface area contributed by atoms with Crippen LogP contribution in [0.3, 0.4) is 0 Å². The van der Waals surface area contributed by atoms with Crippen molar-refractivity contribution in [2.45, 2.75) is 82.4 Å². The molecule has 0 saturated heterocycles. The molecule has 48 heavy (non-hydrogen) atoms. The number of unbranched alkanes of at least 4 members (excludes halogenated alkanes) is 3. The molecule has 4 aromatic carbocycles. The van der Waals surface area contributed by atoms with Gasteiger partial charge in [0.05, 0.1) is 4.90 Å². The van der Waals surface area contributed by atoms with E-state index in [1.165, 1.54) is 42.5 Å². The highest BCUT2D eigenvalue weighted by atomic mass is 35.5. The van der Waals surface area contributed by atoms with Crippen LogP contribution in [-0.2, 0) is 42.6 Å². The maximum atomic E-state index is 11.4. The fourth-order valence-electron chi connectivity index (χ4n) is 6.05. The minimum atomic E-state index is -4.19. The Bertz CT molecular complexity index is 1620. The molecular formula is C38H48Cl2N2O5S. The van der Waals surface area contributed by atoms with E-state index < -0.39 is 10.1 Å². The van der Waals surface area contributed by atoms with E-state index in [1.807, 2.05) is 36.4 Å². The van der Waals surface area contributed by atoms with Crippen LogP contribution in [0.5, 0.6) is 11.5 Å². The monoisotopic (exact) mass is 714 g/mol. The zero-order valence-electron chi connectivity index (χ0n) is 27.6. The van der Waals surface area contributed by atoms with Crippen molar-refractivity contribution in [3.05, 3.63) is 125 Å². The third-order valence-electron chi connectivity index (χ3n) is 8.61. The smallest absolute Gasteiger partial charge is 0.294 e. The normalized spacial score (nSPS) is 14.0. The summed E-state index contributed by atoms with van der Waals surface area (Å²) in [5, 5.41) is 2.43. The molecule has 0 aliphatic heterocycles. The fraction of sp³-hybridized carbons (Fsp3) is 0.368. The van der Waals surface area contributed by atoms with Gasteiger partial charge in [-0.15, -0.1) is 24.8 Å². The second-order valence-corrected chi connectivity index (χ2v) is 13.4. The SMILES string of the molecule is CCCCCCN(NCCc1ccc(S(=O)(=O)O)cc1)C1CCc2c(ccc(OCc3ccccc3)c2OCc2ccccc2)C1.Cl.Cl. The second kappa shape index (κ2) is 19.8. The Kier molecular flexibility index (Phi) is 16.2. The van der Waals surface area contributed by atoms with E-state index in [0.717, 1.165) is 73.4 Å². The molecule has 4 aromatic rings. The molecule has 0 saturated carbocycles. The third-order valence-corrected chi connectivity index (χ3v) is 9.48. The summed E-state index contributed by atoms with van der Waals surface area (Å²) in [5.74, 6) is 1.64. The lowest BCUT2D eigenvalue weighted by atomic mass is 9.87. The molecule has 1 aliphatic rings. The van der Waals surface area contributed by atoms with Crippen LogP contribution in [0.15, 0.2) is 102 Å². The summed E-state index contributed by atoms with van der Waals surface area (Å²) >= 11 is 0. The molecule has 7 nitrogen and oxygen atoms in total. The van der Waals surface area contributed by atoms with Crippen LogP contribution in [0.25, 0.3) is 0 Å². The maximum Gasteiger partial charge on any atom is 0.294 e. The third kappa shape index (κ3) is 11.5. The van der Waals surface area contributed by atoms with Crippen LogP contribution in [0.2, 0.25) is 0 Å². The molecule has 10 heteroatoms. The van der Waals surface area contributed by atoms with Gasteiger partial charge in [0.15, 0.2) is 11.5 Å². The van der Waals surface area contributed by atoms with Crippen LogP contribution in [0, 0.1) is 0 Å². The fourth-order valence-corrected chi connectivity index (χ4v) is 6.53. The number of hydrogen-bond donors (Lipinski definition) is 2. The molecule has 1 atom stereocenters. The molecule has 0 heterocycles. The van der Waals surface area contributed by atoms with E-state index >= 15 is 0 Å². The highest BCUT2D eigenvalue weighted by Gasteiger charge is 2.28. The van der Waals surface area contributed by atoms with Crippen molar-refractivity contribution in [1.82, 2.24) is 10.4 Å². The van der Waals surface area contributed by atoms with Gasteiger partial charge in [0.25, 0.3) is 10.1 Å². The quantitative estimate of drug-likeness (QED) is 0.0645. The number of hydrogen-bond acceptors (Lipinski definition) is 6. The van der Waals surface area contributed by atoms with Crippen LogP contribution < -0.4 is 14.9 Å². The summed E-state index contributed by atoms with van der Waals surface area (Å²) in [6.07, 6.45) is 8.33. The number of hydrazine groups is 1. The summed E-state index contributed by atoms with van der Waals surface area (Å²) in [4.78, 5) is -0.0802. The Morgan fingerprint density at radius 3 is 2.06 bits per heavy atom. The zero-order chi connectivity index (χ0) is 32.2. The number of fused-ring (bicyclic) bond motifs is 1. The van der Waals surface area contributed by atoms with Crippen molar-refractivity contribution in [3.63, 3.8) is 0 Å². The molecule has 5 rings (SSSR count). The van der Waals surface area contributed by atoms with Crippen molar-refractivity contribution in [1.29, 1.82) is 0 Å². The van der Waals surface area contributed by atoms with Crippen molar-refractivity contribution in [2.75, 3.05) is 13.1 Å². The summed E-state index contributed by atoms with van der Waals surface area (Å²) in [7, 11) is -4.19. The van der Waals surface area contributed by atoms with Crippen LogP contribution in [0.4, 0.5) is 0 Å². The minimum Gasteiger partial charge on any atom is -0.485 e. The number of ether oxygens (including phenoxy) is 2. The standard InChI is InChI=1S/C38H46N2O5S.2ClH/c1-2-3-4-11-26-40(39-25-24-30-16-20-35(21-17-30)46(41,42)43)34-19-22-36-33(27-34)18-23-37(44-28-31-12-7-5-8-13-31)38(36)45-29-32-14-9-6-10-15-32;;/h5-10,12-18,20-21,23,34,39H,2-4,11,19,22,24-29H2,1H3,(H,41,42,43);2*1H. The Hall–Kier alpha value is -3.11. The van der Waals surface area contributed by atoms with E-state index in [4.69, 9.17) is 9.47 Å². The molecular weight excluding hydrogens is 667 g/mol. The van der Waals surface area contributed by atoms with Crippen molar-refractivity contribution in [2.24, 2.45) is 0 Å². The van der Waals surface area contributed by atoms with Gasteiger partial charge in [-0.1, -0.05) is 105 Å². The van der Waals surface area contributed by atoms with E-state index in [-0.39, 0.29) is 29.7 Å². The second-order valence-electron chi connectivity index (χ2n) is 12.0. The van der Waals surface area contributed by atoms with Gasteiger partial charge in [-0.2, -0.15) is 8.42 Å². The van der Waals surface area contributed by atoms with Crippen molar-refractivity contribution >= 4 is 34.9 Å². The maximum absolute atomic E-state index is 11.4. The van der Waals surface area contributed by atoms with Gasteiger partial charge in [-0.3, -0.25) is 9.98 Å². The van der Waals surface area contributed by atoms with E-state index in [0.29, 0.717) is 19.3 Å². The average Bonchev–Trinajstić information content (AvgIpc) is 3.08. The molecule has 1 unspecified atom stereocenters. The molecule has 0 spiro atoms. The van der Waals surface area contributed by atoms with Crippen molar-refractivity contribution in [3.8, 4) is 11.5 Å². The van der Waals surface area contributed by atoms with Crippen molar-refractivity contribution < 1.29 is 22.4 Å². The molecule has 2 N–H and O–H groups in total. The van der Waals surface area contributed by atoms with Crippen LogP contribution in [0.1, 0.15) is 66.8 Å². The number of rotatable bonds is 17. The summed E-state index contributed by atoms with van der Waals surface area (Å²) in [6.45, 7) is 4.91. The first-order valence-corrected chi connectivity index (χ1v) is 17.9. The lowest BCUT2D eigenvalue weighted by Gasteiger charge is -2.36. The molecule has 0 amide bonds. The Morgan fingerprint density at radius 1 is 0.792 bits per heavy atom. The lowest BCUT2D eigenvalue weighted by Crippen LogP contribution is -2.49. The molecule has 0 radical (unpaired) electrons.